The van der Waals surface area contributed by atoms with E-state index in [2.05, 4.69) is 20.4 Å². The van der Waals surface area contributed by atoms with Crippen LogP contribution >= 0.6 is 0 Å². The van der Waals surface area contributed by atoms with Gasteiger partial charge < -0.3 is 14.8 Å². The quantitative estimate of drug-likeness (QED) is 0.795. The lowest BCUT2D eigenvalue weighted by atomic mass is 10.1. The Bertz CT molecular complexity index is 723. The van der Waals surface area contributed by atoms with Crippen molar-refractivity contribution >= 4 is 11.6 Å². The van der Waals surface area contributed by atoms with E-state index in [0.717, 1.165) is 44.3 Å². The van der Waals surface area contributed by atoms with Crippen LogP contribution in [0.3, 0.4) is 0 Å². The second-order valence-electron chi connectivity index (χ2n) is 6.65. The van der Waals surface area contributed by atoms with Crippen LogP contribution in [0.15, 0.2) is 30.3 Å². The summed E-state index contributed by atoms with van der Waals surface area (Å²) in [5.41, 5.74) is 2.01. The Morgan fingerprint density at radius 2 is 2.15 bits per heavy atom. The molecule has 0 radical (unpaired) electrons. The Morgan fingerprint density at radius 3 is 2.88 bits per heavy atom. The van der Waals surface area contributed by atoms with Crippen molar-refractivity contribution in [3.63, 3.8) is 0 Å². The van der Waals surface area contributed by atoms with Gasteiger partial charge in [-0.2, -0.15) is 5.10 Å². The summed E-state index contributed by atoms with van der Waals surface area (Å²) < 4.78 is 11.2. The van der Waals surface area contributed by atoms with Crippen LogP contribution in [0, 0.1) is 0 Å². The number of aromatic nitrogens is 2. The van der Waals surface area contributed by atoms with Crippen molar-refractivity contribution in [3.8, 4) is 5.75 Å². The number of nitrogens with zero attached hydrogens (tertiary/aromatic N) is 2. The van der Waals surface area contributed by atoms with Crippen LogP contribution in [-0.2, 0) is 4.74 Å². The minimum atomic E-state index is -0.237. The molecule has 0 atom stereocenters. The Balaban J connectivity index is 1.52. The Kier molecular flexibility index (Phi) is 6.25. The van der Waals surface area contributed by atoms with Crippen molar-refractivity contribution < 1.29 is 14.3 Å². The summed E-state index contributed by atoms with van der Waals surface area (Å²) >= 11 is 0. The van der Waals surface area contributed by atoms with Crippen LogP contribution in [0.2, 0.25) is 0 Å². The lowest BCUT2D eigenvalue weighted by Gasteiger charge is -2.26. The topological polar surface area (TPSA) is 79.5 Å². The molecule has 1 aliphatic rings. The van der Waals surface area contributed by atoms with Gasteiger partial charge in [-0.15, -0.1) is 0 Å². The number of morpholine rings is 1. The number of nitrogens with one attached hydrogen (secondary N) is 2. The van der Waals surface area contributed by atoms with Crippen LogP contribution in [-0.4, -0.2) is 60.5 Å². The van der Waals surface area contributed by atoms with Gasteiger partial charge in [0.05, 0.1) is 13.2 Å². The van der Waals surface area contributed by atoms with Gasteiger partial charge in [0.25, 0.3) is 5.91 Å². The number of rotatable bonds is 7. The maximum Gasteiger partial charge on any atom is 0.276 e. The van der Waals surface area contributed by atoms with E-state index < -0.39 is 0 Å². The molecular weight excluding hydrogens is 332 g/mol. The molecule has 0 bridgehead atoms. The summed E-state index contributed by atoms with van der Waals surface area (Å²) in [4.78, 5) is 14.6. The molecule has 2 heterocycles. The zero-order valence-corrected chi connectivity index (χ0v) is 15.3. The molecule has 0 saturated carbocycles. The van der Waals surface area contributed by atoms with Gasteiger partial charge in [-0.05, 0) is 24.1 Å². The SMILES string of the molecule is CC(C)c1cc(C(=O)Nc2cccc(OCCN3CCOCC3)c2)n[nH]1. The average molecular weight is 358 g/mol. The molecule has 7 heteroatoms. The van der Waals surface area contributed by atoms with E-state index in [9.17, 15) is 4.79 Å². The van der Waals surface area contributed by atoms with Gasteiger partial charge >= 0.3 is 0 Å². The van der Waals surface area contributed by atoms with Crippen molar-refractivity contribution in [2.45, 2.75) is 19.8 Å². The fraction of sp³-hybridized carbons (Fsp3) is 0.474. The summed E-state index contributed by atoms with van der Waals surface area (Å²) in [6, 6.07) is 9.20. The highest BCUT2D eigenvalue weighted by Gasteiger charge is 2.13. The summed E-state index contributed by atoms with van der Waals surface area (Å²) in [7, 11) is 0. The number of carbonyl (C=O) groups excluding carboxylic acids is 1. The number of hydrogen-bond donors (Lipinski definition) is 2. The predicted molar refractivity (Wildman–Crippen MR) is 99.8 cm³/mol. The predicted octanol–water partition coefficient (Wildman–Crippen LogP) is 2.50. The van der Waals surface area contributed by atoms with Crippen molar-refractivity contribution in [2.75, 3.05) is 44.8 Å². The highest BCUT2D eigenvalue weighted by atomic mass is 16.5. The molecule has 1 aromatic carbocycles. The van der Waals surface area contributed by atoms with Gasteiger partial charge in [0.15, 0.2) is 5.69 Å². The van der Waals surface area contributed by atoms with Crippen LogP contribution < -0.4 is 10.1 Å². The van der Waals surface area contributed by atoms with Gasteiger partial charge in [0.2, 0.25) is 0 Å². The van der Waals surface area contributed by atoms with E-state index in [-0.39, 0.29) is 5.91 Å². The van der Waals surface area contributed by atoms with Gasteiger partial charge in [-0.1, -0.05) is 19.9 Å². The number of benzene rings is 1. The largest absolute Gasteiger partial charge is 0.492 e. The third-order valence-electron chi connectivity index (χ3n) is 4.32. The highest BCUT2D eigenvalue weighted by Crippen LogP contribution is 2.19. The van der Waals surface area contributed by atoms with Crippen LogP contribution in [0.5, 0.6) is 5.75 Å². The maximum absolute atomic E-state index is 12.3. The fourth-order valence-corrected chi connectivity index (χ4v) is 2.72. The third kappa shape index (κ3) is 5.06. The average Bonchev–Trinajstić information content (AvgIpc) is 3.14. The van der Waals surface area contributed by atoms with E-state index in [4.69, 9.17) is 9.47 Å². The molecule has 3 rings (SSSR count). The Morgan fingerprint density at radius 1 is 1.35 bits per heavy atom. The van der Waals surface area contributed by atoms with E-state index in [1.165, 1.54) is 0 Å². The molecule has 1 aliphatic heterocycles. The zero-order chi connectivity index (χ0) is 18.4. The smallest absolute Gasteiger partial charge is 0.276 e. The minimum absolute atomic E-state index is 0.237. The molecular formula is C19H26N4O3. The fourth-order valence-electron chi connectivity index (χ4n) is 2.72. The normalized spacial score (nSPS) is 15.2. The summed E-state index contributed by atoms with van der Waals surface area (Å²) in [6.07, 6.45) is 0. The van der Waals surface area contributed by atoms with Gasteiger partial charge in [0.1, 0.15) is 12.4 Å². The second kappa shape index (κ2) is 8.82. The Labute approximate surface area is 153 Å². The molecule has 1 saturated heterocycles. The lowest BCUT2D eigenvalue weighted by Crippen LogP contribution is -2.38. The number of carbonyl (C=O) groups is 1. The molecule has 2 aromatic rings. The first-order valence-electron chi connectivity index (χ1n) is 9.01. The highest BCUT2D eigenvalue weighted by molar-refractivity contribution is 6.03. The van der Waals surface area contributed by atoms with Gasteiger partial charge in [-0.25, -0.2) is 0 Å². The van der Waals surface area contributed by atoms with E-state index >= 15 is 0 Å². The van der Waals surface area contributed by atoms with Crippen LogP contribution in [0.4, 0.5) is 5.69 Å². The molecule has 1 fully saturated rings. The number of ether oxygens (including phenoxy) is 2. The minimum Gasteiger partial charge on any atom is -0.492 e. The number of H-pyrrole nitrogens is 1. The Hall–Kier alpha value is -2.38. The van der Waals surface area contributed by atoms with E-state index in [0.29, 0.717) is 23.9 Å². The molecule has 140 valence electrons. The first kappa shape index (κ1) is 18.4. The molecule has 0 spiro atoms. The first-order valence-corrected chi connectivity index (χ1v) is 9.01. The van der Waals surface area contributed by atoms with E-state index in [1.807, 2.05) is 38.1 Å². The molecule has 7 nitrogen and oxygen atoms in total. The summed E-state index contributed by atoms with van der Waals surface area (Å²) in [6.45, 7) is 9.03. The first-order chi connectivity index (χ1) is 12.6. The monoisotopic (exact) mass is 358 g/mol. The molecule has 2 N–H and O–H groups in total. The van der Waals surface area contributed by atoms with Gasteiger partial charge in [-0.3, -0.25) is 14.8 Å². The zero-order valence-electron chi connectivity index (χ0n) is 15.3. The van der Waals surface area contributed by atoms with Crippen LogP contribution in [0.25, 0.3) is 0 Å². The van der Waals surface area contributed by atoms with Crippen molar-refractivity contribution in [1.82, 2.24) is 15.1 Å². The number of amides is 1. The van der Waals surface area contributed by atoms with Crippen molar-refractivity contribution in [2.24, 2.45) is 0 Å². The summed E-state index contributed by atoms with van der Waals surface area (Å²) in [5.74, 6) is 0.798. The number of anilines is 1. The molecule has 0 aliphatic carbocycles. The van der Waals surface area contributed by atoms with Crippen molar-refractivity contribution in [3.05, 3.63) is 41.7 Å². The maximum atomic E-state index is 12.3. The van der Waals surface area contributed by atoms with Gasteiger partial charge in [0, 0.05) is 37.1 Å². The molecule has 0 unspecified atom stereocenters. The summed E-state index contributed by atoms with van der Waals surface area (Å²) in [5, 5.41) is 9.83. The van der Waals surface area contributed by atoms with Crippen molar-refractivity contribution in [1.29, 1.82) is 0 Å². The number of hydrogen-bond acceptors (Lipinski definition) is 5. The van der Waals surface area contributed by atoms with E-state index in [1.54, 1.807) is 6.07 Å². The molecule has 1 aromatic heterocycles. The molecule has 26 heavy (non-hydrogen) atoms. The number of aromatic amines is 1. The third-order valence-corrected chi connectivity index (χ3v) is 4.32. The lowest BCUT2D eigenvalue weighted by molar-refractivity contribution is 0.0322. The molecule has 1 amide bonds. The van der Waals surface area contributed by atoms with Crippen LogP contribution in [0.1, 0.15) is 35.9 Å². The second-order valence-corrected chi connectivity index (χ2v) is 6.65. The standard InChI is InChI=1S/C19H26N4O3/c1-14(2)17-13-18(22-21-17)19(24)20-15-4-3-5-16(12-15)26-11-8-23-6-9-25-10-7-23/h3-5,12-14H,6-11H2,1-2H3,(H,20,24)(H,21,22).